The van der Waals surface area contributed by atoms with Crippen LogP contribution in [0.1, 0.15) is 38.7 Å². The summed E-state index contributed by atoms with van der Waals surface area (Å²) in [6, 6.07) is 2.20. The normalized spacial score (nSPS) is 19.9. The van der Waals surface area contributed by atoms with E-state index in [2.05, 4.69) is 30.2 Å². The summed E-state index contributed by atoms with van der Waals surface area (Å²) in [6.45, 7) is 6.15. The van der Waals surface area contributed by atoms with Crippen molar-refractivity contribution in [3.63, 3.8) is 0 Å². The van der Waals surface area contributed by atoms with Gasteiger partial charge >= 0.3 is 0 Å². The maximum Gasteiger partial charge on any atom is 0.138 e. The lowest BCUT2D eigenvalue weighted by Gasteiger charge is -2.38. The Morgan fingerprint density at radius 3 is 2.94 bits per heavy atom. The van der Waals surface area contributed by atoms with Crippen LogP contribution in [0.4, 0.5) is 5.82 Å². The molecule has 0 bridgehead atoms. The summed E-state index contributed by atoms with van der Waals surface area (Å²) in [6.07, 6.45) is 5.77. The highest BCUT2D eigenvalue weighted by atomic mass is 16.5. The number of anilines is 1. The summed E-state index contributed by atoms with van der Waals surface area (Å²) in [5.41, 5.74) is 1.75. The fourth-order valence-corrected chi connectivity index (χ4v) is 2.73. The van der Waals surface area contributed by atoms with Gasteiger partial charge in [-0.1, -0.05) is 20.3 Å². The first-order valence-corrected chi connectivity index (χ1v) is 6.57. The van der Waals surface area contributed by atoms with Crippen molar-refractivity contribution in [2.75, 3.05) is 18.5 Å². The van der Waals surface area contributed by atoms with E-state index in [1.54, 1.807) is 0 Å². The zero-order valence-corrected chi connectivity index (χ0v) is 10.6. The lowest BCUT2D eigenvalue weighted by atomic mass is 9.66. The molecule has 2 heterocycles. The quantitative estimate of drug-likeness (QED) is 0.870. The van der Waals surface area contributed by atoms with Crippen molar-refractivity contribution in [1.82, 2.24) is 4.98 Å². The number of nitrogens with one attached hydrogen (secondary N) is 1. The van der Waals surface area contributed by atoms with Crippen molar-refractivity contribution in [2.24, 2.45) is 5.92 Å². The number of pyridine rings is 1. The standard InChI is InChI=1S/C14H20N2O/c1-10(2)8-17-11-6-12-13(15-7-11)16-9-14(12)4-3-5-14/h6-7,10H,3-5,8-9H2,1-2H3,(H,15,16). The first-order valence-electron chi connectivity index (χ1n) is 6.57. The van der Waals surface area contributed by atoms with E-state index in [4.69, 9.17) is 4.74 Å². The number of ether oxygens (including phenoxy) is 1. The SMILES string of the molecule is CC(C)COc1cnc2c(c1)C1(CCC1)CN2. The van der Waals surface area contributed by atoms with Crippen LogP contribution in [0.25, 0.3) is 0 Å². The summed E-state index contributed by atoms with van der Waals surface area (Å²) >= 11 is 0. The number of hydrogen-bond donors (Lipinski definition) is 1. The molecule has 0 radical (unpaired) electrons. The first-order chi connectivity index (χ1) is 8.20. The van der Waals surface area contributed by atoms with Crippen LogP contribution in [-0.2, 0) is 5.41 Å². The second-order valence-electron chi connectivity index (χ2n) is 5.76. The number of nitrogens with zero attached hydrogens (tertiary/aromatic N) is 1. The fourth-order valence-electron chi connectivity index (χ4n) is 2.73. The monoisotopic (exact) mass is 232 g/mol. The molecule has 1 aliphatic carbocycles. The van der Waals surface area contributed by atoms with Crippen LogP contribution in [-0.4, -0.2) is 18.1 Å². The van der Waals surface area contributed by atoms with Gasteiger partial charge < -0.3 is 10.1 Å². The van der Waals surface area contributed by atoms with Gasteiger partial charge in [0.1, 0.15) is 11.6 Å². The molecule has 3 heteroatoms. The Labute approximate surface area is 103 Å². The highest BCUT2D eigenvalue weighted by Crippen LogP contribution is 2.50. The number of fused-ring (bicyclic) bond motifs is 2. The Hall–Kier alpha value is -1.25. The Balaban J connectivity index is 1.83. The third-order valence-corrected chi connectivity index (χ3v) is 3.92. The predicted octanol–water partition coefficient (Wildman–Crippen LogP) is 2.96. The van der Waals surface area contributed by atoms with E-state index in [-0.39, 0.29) is 0 Å². The molecule has 17 heavy (non-hydrogen) atoms. The summed E-state index contributed by atoms with van der Waals surface area (Å²) in [5.74, 6) is 2.55. The van der Waals surface area contributed by atoms with Crippen molar-refractivity contribution in [1.29, 1.82) is 0 Å². The molecule has 92 valence electrons. The minimum Gasteiger partial charge on any atom is -0.492 e. The van der Waals surface area contributed by atoms with Crippen LogP contribution in [0.2, 0.25) is 0 Å². The van der Waals surface area contributed by atoms with Crippen molar-refractivity contribution < 1.29 is 4.74 Å². The molecule has 1 aliphatic heterocycles. The Kier molecular flexibility index (Phi) is 2.49. The molecule has 2 aliphatic rings. The van der Waals surface area contributed by atoms with Crippen LogP contribution in [0, 0.1) is 5.92 Å². The van der Waals surface area contributed by atoms with Gasteiger partial charge in [0.15, 0.2) is 0 Å². The molecule has 3 nitrogen and oxygen atoms in total. The van der Waals surface area contributed by atoms with E-state index in [0.717, 1.165) is 24.7 Å². The molecular formula is C14H20N2O. The second kappa shape index (κ2) is 3.90. The number of aromatic nitrogens is 1. The van der Waals surface area contributed by atoms with E-state index in [9.17, 15) is 0 Å². The van der Waals surface area contributed by atoms with E-state index < -0.39 is 0 Å². The molecule has 0 saturated heterocycles. The predicted molar refractivity (Wildman–Crippen MR) is 68.6 cm³/mol. The summed E-state index contributed by atoms with van der Waals surface area (Å²) in [7, 11) is 0. The van der Waals surface area contributed by atoms with Gasteiger partial charge in [-0.2, -0.15) is 0 Å². The molecule has 3 rings (SSSR count). The van der Waals surface area contributed by atoms with Gasteiger partial charge in [-0.25, -0.2) is 4.98 Å². The maximum absolute atomic E-state index is 5.76. The topological polar surface area (TPSA) is 34.1 Å². The van der Waals surface area contributed by atoms with E-state index in [0.29, 0.717) is 11.3 Å². The third kappa shape index (κ3) is 1.78. The molecule has 0 aromatic carbocycles. The fraction of sp³-hybridized carbons (Fsp3) is 0.643. The van der Waals surface area contributed by atoms with Gasteiger partial charge in [-0.15, -0.1) is 0 Å². The van der Waals surface area contributed by atoms with Crippen LogP contribution < -0.4 is 10.1 Å². The Morgan fingerprint density at radius 2 is 2.29 bits per heavy atom. The average molecular weight is 232 g/mol. The lowest BCUT2D eigenvalue weighted by Crippen LogP contribution is -2.35. The molecule has 0 unspecified atom stereocenters. The Bertz CT molecular complexity index is 424. The second-order valence-corrected chi connectivity index (χ2v) is 5.76. The first kappa shape index (κ1) is 10.9. The van der Waals surface area contributed by atoms with E-state index in [1.165, 1.54) is 24.8 Å². The van der Waals surface area contributed by atoms with Gasteiger partial charge in [0, 0.05) is 17.5 Å². The minimum atomic E-state index is 0.375. The third-order valence-electron chi connectivity index (χ3n) is 3.92. The molecule has 1 aromatic rings. The van der Waals surface area contributed by atoms with Gasteiger partial charge in [-0.05, 0) is 24.8 Å². The molecule has 1 spiro atoms. The van der Waals surface area contributed by atoms with Crippen LogP contribution in [0.5, 0.6) is 5.75 Å². The molecule has 1 fully saturated rings. The van der Waals surface area contributed by atoms with Crippen molar-refractivity contribution in [2.45, 2.75) is 38.5 Å². The molecule has 0 atom stereocenters. The highest BCUT2D eigenvalue weighted by molar-refractivity contribution is 5.58. The van der Waals surface area contributed by atoms with E-state index >= 15 is 0 Å². The number of rotatable bonds is 3. The van der Waals surface area contributed by atoms with Gasteiger partial charge in [0.05, 0.1) is 12.8 Å². The summed E-state index contributed by atoms with van der Waals surface area (Å²) in [4.78, 5) is 4.48. The van der Waals surface area contributed by atoms with Gasteiger partial charge in [-0.3, -0.25) is 0 Å². The Morgan fingerprint density at radius 1 is 1.47 bits per heavy atom. The number of hydrogen-bond acceptors (Lipinski definition) is 3. The minimum absolute atomic E-state index is 0.375. The van der Waals surface area contributed by atoms with Crippen molar-refractivity contribution >= 4 is 5.82 Å². The smallest absolute Gasteiger partial charge is 0.138 e. The van der Waals surface area contributed by atoms with Crippen LogP contribution in [0.3, 0.4) is 0 Å². The molecular weight excluding hydrogens is 212 g/mol. The lowest BCUT2D eigenvalue weighted by molar-refractivity contribution is 0.260. The summed E-state index contributed by atoms with van der Waals surface area (Å²) in [5, 5.41) is 3.42. The van der Waals surface area contributed by atoms with E-state index in [1.807, 2.05) is 6.20 Å². The van der Waals surface area contributed by atoms with Crippen LogP contribution in [0.15, 0.2) is 12.3 Å². The molecule has 1 aromatic heterocycles. The molecule has 1 saturated carbocycles. The van der Waals surface area contributed by atoms with Crippen molar-refractivity contribution in [3.05, 3.63) is 17.8 Å². The van der Waals surface area contributed by atoms with Crippen LogP contribution >= 0.6 is 0 Å². The van der Waals surface area contributed by atoms with Gasteiger partial charge in [0.2, 0.25) is 0 Å². The largest absolute Gasteiger partial charge is 0.492 e. The molecule has 0 amide bonds. The van der Waals surface area contributed by atoms with Crippen molar-refractivity contribution in [3.8, 4) is 5.75 Å². The maximum atomic E-state index is 5.76. The van der Waals surface area contributed by atoms with Gasteiger partial charge in [0.25, 0.3) is 0 Å². The highest BCUT2D eigenvalue weighted by Gasteiger charge is 2.44. The zero-order chi connectivity index (χ0) is 11.9. The molecule has 1 N–H and O–H groups in total. The average Bonchev–Trinajstić information content (AvgIpc) is 2.64. The summed E-state index contributed by atoms with van der Waals surface area (Å²) < 4.78 is 5.76. The zero-order valence-electron chi connectivity index (χ0n) is 10.6.